The average Bonchev–Trinajstić information content (AvgIpc) is 3.40. The van der Waals surface area contributed by atoms with Crippen LogP contribution in [0.25, 0.3) is 0 Å². The van der Waals surface area contributed by atoms with Gasteiger partial charge in [0, 0.05) is 13.0 Å². The molecule has 2 heterocycles. The third kappa shape index (κ3) is 33.5. The highest BCUT2D eigenvalue weighted by Gasteiger charge is 2.47. The van der Waals surface area contributed by atoms with Crippen molar-refractivity contribution in [3.63, 3.8) is 0 Å². The highest BCUT2D eigenvalue weighted by molar-refractivity contribution is 5.69. The van der Waals surface area contributed by atoms with Gasteiger partial charge in [0.25, 0.3) is 0 Å². The Kier molecular flexibility index (Phi) is 43.6. The van der Waals surface area contributed by atoms with Crippen molar-refractivity contribution >= 4 is 5.97 Å². The summed E-state index contributed by atoms with van der Waals surface area (Å²) in [5.74, 6) is -0.384. The fourth-order valence-corrected chi connectivity index (χ4v) is 9.53. The SMILES string of the molecule is CCCCCCC/C=C\C/C=C\C/C=C\CCCCCCCCC(=O)OC(COCCCCCCCCCCCCCCCCCCCCC)COC1OC(COC2OC(CO)C(O)C(O)C2O)C(O)C(O)C1O. The first-order chi connectivity index (χ1) is 36.1. The zero-order valence-electron chi connectivity index (χ0n) is 46.6. The second-order valence-electron chi connectivity index (χ2n) is 21.2. The fraction of sp³-hybridized carbons (Fsp3) is 0.883. The first-order valence-corrected chi connectivity index (χ1v) is 30.1. The van der Waals surface area contributed by atoms with E-state index in [4.69, 9.17) is 28.4 Å². The number of esters is 1. The van der Waals surface area contributed by atoms with Gasteiger partial charge < -0.3 is 64.2 Å². The van der Waals surface area contributed by atoms with Crippen LogP contribution in [0.5, 0.6) is 0 Å². The van der Waals surface area contributed by atoms with Gasteiger partial charge >= 0.3 is 5.97 Å². The van der Waals surface area contributed by atoms with E-state index in [1.165, 1.54) is 141 Å². The monoisotopic (exact) mass is 1050 g/mol. The van der Waals surface area contributed by atoms with Crippen LogP contribution in [0.3, 0.4) is 0 Å². The molecule has 0 amide bonds. The smallest absolute Gasteiger partial charge is 0.306 e. The Bertz CT molecular complexity index is 1360. The van der Waals surface area contributed by atoms with Gasteiger partial charge in [0.15, 0.2) is 12.6 Å². The maximum atomic E-state index is 13.1. The molecule has 0 aromatic heterocycles. The van der Waals surface area contributed by atoms with Crippen molar-refractivity contribution in [1.29, 1.82) is 0 Å². The molecule has 2 saturated heterocycles. The molecule has 2 aliphatic rings. The Hall–Kier alpha value is -1.79. The van der Waals surface area contributed by atoms with Crippen LogP contribution in [-0.4, -0.2) is 142 Å². The number of aliphatic hydroxyl groups is 7. The first kappa shape index (κ1) is 68.3. The molecule has 0 aliphatic carbocycles. The lowest BCUT2D eigenvalue weighted by atomic mass is 9.98. The van der Waals surface area contributed by atoms with Crippen molar-refractivity contribution in [2.75, 3.05) is 33.0 Å². The highest BCUT2D eigenvalue weighted by atomic mass is 16.7. The van der Waals surface area contributed by atoms with Crippen molar-refractivity contribution in [3.8, 4) is 0 Å². The van der Waals surface area contributed by atoms with E-state index < -0.39 is 80.7 Å². The summed E-state index contributed by atoms with van der Waals surface area (Å²) in [7, 11) is 0. The fourth-order valence-electron chi connectivity index (χ4n) is 9.53. The van der Waals surface area contributed by atoms with Crippen LogP contribution in [0, 0.1) is 0 Å². The van der Waals surface area contributed by atoms with Crippen molar-refractivity contribution in [2.45, 2.75) is 306 Å². The summed E-state index contributed by atoms with van der Waals surface area (Å²) < 4.78 is 34.4. The molecular weight excluding hydrogens is 945 g/mol. The number of hydrogen-bond acceptors (Lipinski definition) is 14. The van der Waals surface area contributed by atoms with Crippen LogP contribution in [0.4, 0.5) is 0 Å². The normalized spacial score (nSPS) is 25.0. The van der Waals surface area contributed by atoms with Crippen LogP contribution in [-0.2, 0) is 33.2 Å². The quantitative estimate of drug-likeness (QED) is 0.0172. The van der Waals surface area contributed by atoms with E-state index in [1.807, 2.05) is 0 Å². The van der Waals surface area contributed by atoms with Crippen molar-refractivity contribution in [3.05, 3.63) is 36.5 Å². The van der Waals surface area contributed by atoms with Gasteiger partial charge in [-0.2, -0.15) is 0 Å². The molecule has 14 nitrogen and oxygen atoms in total. The molecule has 0 bridgehead atoms. The van der Waals surface area contributed by atoms with Crippen LogP contribution in [0.2, 0.25) is 0 Å². The van der Waals surface area contributed by atoms with Crippen molar-refractivity contribution < 1.29 is 69.0 Å². The summed E-state index contributed by atoms with van der Waals surface area (Å²) in [6.45, 7) is 3.70. The van der Waals surface area contributed by atoms with Gasteiger partial charge in [0.1, 0.15) is 54.9 Å². The zero-order valence-corrected chi connectivity index (χ0v) is 46.6. The molecule has 11 unspecified atom stereocenters. The van der Waals surface area contributed by atoms with Gasteiger partial charge in [0.2, 0.25) is 0 Å². The van der Waals surface area contributed by atoms with Crippen LogP contribution in [0.15, 0.2) is 36.5 Å². The number of rotatable bonds is 49. The molecule has 11 atom stereocenters. The van der Waals surface area contributed by atoms with E-state index >= 15 is 0 Å². The lowest BCUT2D eigenvalue weighted by Gasteiger charge is -2.42. The summed E-state index contributed by atoms with van der Waals surface area (Å²) >= 11 is 0. The van der Waals surface area contributed by atoms with Crippen LogP contribution in [0.1, 0.15) is 239 Å². The molecule has 0 spiro atoms. The largest absolute Gasteiger partial charge is 0.457 e. The predicted molar refractivity (Wildman–Crippen MR) is 293 cm³/mol. The van der Waals surface area contributed by atoms with Gasteiger partial charge in [-0.3, -0.25) is 4.79 Å². The summed E-state index contributed by atoms with van der Waals surface area (Å²) in [4.78, 5) is 13.1. The molecule has 434 valence electrons. The van der Waals surface area contributed by atoms with Crippen LogP contribution >= 0.6 is 0 Å². The molecule has 0 saturated carbocycles. The molecule has 7 N–H and O–H groups in total. The molecular formula is C60H110O14. The number of allylic oxidation sites excluding steroid dienone is 6. The minimum Gasteiger partial charge on any atom is -0.457 e. The van der Waals surface area contributed by atoms with Crippen molar-refractivity contribution in [2.24, 2.45) is 0 Å². The summed E-state index contributed by atoms with van der Waals surface area (Å²) in [6.07, 6.45) is 39.1. The maximum absolute atomic E-state index is 13.1. The van der Waals surface area contributed by atoms with Gasteiger partial charge in [-0.25, -0.2) is 0 Å². The minimum absolute atomic E-state index is 0.0593. The van der Waals surface area contributed by atoms with Gasteiger partial charge in [-0.15, -0.1) is 0 Å². The molecule has 74 heavy (non-hydrogen) atoms. The number of unbranched alkanes of at least 4 members (excludes halogenated alkanes) is 29. The zero-order chi connectivity index (χ0) is 53.7. The van der Waals surface area contributed by atoms with Gasteiger partial charge in [0.05, 0.1) is 26.4 Å². The highest BCUT2D eigenvalue weighted by Crippen LogP contribution is 2.27. The molecule has 0 radical (unpaired) electrons. The second-order valence-corrected chi connectivity index (χ2v) is 21.2. The third-order valence-electron chi connectivity index (χ3n) is 14.4. The Morgan fingerprint density at radius 1 is 0.446 bits per heavy atom. The van der Waals surface area contributed by atoms with E-state index in [1.54, 1.807) is 0 Å². The lowest BCUT2D eigenvalue weighted by molar-refractivity contribution is -0.332. The Morgan fingerprint density at radius 3 is 1.31 bits per heavy atom. The van der Waals surface area contributed by atoms with Gasteiger partial charge in [-0.1, -0.05) is 217 Å². The summed E-state index contributed by atoms with van der Waals surface area (Å²) in [5.41, 5.74) is 0. The number of aliphatic hydroxyl groups excluding tert-OH is 7. The third-order valence-corrected chi connectivity index (χ3v) is 14.4. The molecule has 0 aromatic rings. The molecule has 0 aromatic carbocycles. The van der Waals surface area contributed by atoms with Gasteiger partial charge in [-0.05, 0) is 51.4 Å². The molecule has 2 aliphatic heterocycles. The minimum atomic E-state index is -1.71. The number of ether oxygens (including phenoxy) is 6. The van der Waals surface area contributed by atoms with E-state index in [0.29, 0.717) is 13.0 Å². The first-order valence-electron chi connectivity index (χ1n) is 30.1. The lowest BCUT2D eigenvalue weighted by Crippen LogP contribution is -2.61. The van der Waals surface area contributed by atoms with Crippen molar-refractivity contribution in [1.82, 2.24) is 0 Å². The number of carbonyl (C=O) groups is 1. The Labute approximate surface area is 449 Å². The second kappa shape index (κ2) is 47.2. The predicted octanol–water partition coefficient (Wildman–Crippen LogP) is 10.9. The van der Waals surface area contributed by atoms with E-state index in [-0.39, 0.29) is 25.6 Å². The number of hydrogen-bond donors (Lipinski definition) is 7. The molecule has 14 heteroatoms. The molecule has 2 rings (SSSR count). The summed E-state index contributed by atoms with van der Waals surface area (Å²) in [6, 6.07) is 0. The maximum Gasteiger partial charge on any atom is 0.306 e. The van der Waals surface area contributed by atoms with E-state index in [9.17, 15) is 40.5 Å². The van der Waals surface area contributed by atoms with Crippen LogP contribution < -0.4 is 0 Å². The summed E-state index contributed by atoms with van der Waals surface area (Å²) in [5, 5.41) is 72.4. The Balaban J connectivity index is 1.71. The number of carbonyl (C=O) groups excluding carboxylic acids is 1. The topological polar surface area (TPSA) is 214 Å². The standard InChI is InChI=1S/C60H110O14/c1-3-5-7-9-11-13-15-17-19-21-23-24-25-27-29-31-33-35-37-39-41-43-52(62)72-49(46-69-44-42-40-38-36-34-32-30-28-26-22-20-18-16-14-12-10-8-6-4-2)47-70-59-58(68)56(66)54(64)51(74-59)48-71-60-57(67)55(65)53(63)50(45-61)73-60/h15,17,21,23,25,27,49-51,53-61,63-68H,3-14,16,18-20,22,24,26,28-48H2,1-2H3/b17-15-,23-21-,27-25-. The molecule has 2 fully saturated rings. The Morgan fingerprint density at radius 2 is 0.838 bits per heavy atom. The van der Waals surface area contributed by atoms with E-state index in [0.717, 1.165) is 70.6 Å². The van der Waals surface area contributed by atoms with E-state index in [2.05, 4.69) is 50.3 Å². The average molecular weight is 1060 g/mol.